The number of amides is 1. The van der Waals surface area contributed by atoms with Gasteiger partial charge < -0.3 is 14.6 Å². The van der Waals surface area contributed by atoms with Crippen molar-refractivity contribution in [2.75, 3.05) is 24.9 Å². The average molecular weight is 409 g/mol. The van der Waals surface area contributed by atoms with Gasteiger partial charge in [-0.2, -0.15) is 5.10 Å². The molecule has 0 atom stereocenters. The monoisotopic (exact) mass is 409 g/mol. The fraction of sp³-hybridized carbons (Fsp3) is 0.471. The van der Waals surface area contributed by atoms with Crippen molar-refractivity contribution in [1.82, 2.24) is 19.7 Å². The van der Waals surface area contributed by atoms with Crippen molar-refractivity contribution in [3.05, 3.63) is 30.2 Å². The minimum atomic E-state index is -3.95. The van der Waals surface area contributed by atoms with E-state index in [2.05, 4.69) is 14.8 Å². The third-order valence-electron chi connectivity index (χ3n) is 4.68. The number of esters is 1. The summed E-state index contributed by atoms with van der Waals surface area (Å²) in [6, 6.07) is 2.74. The fourth-order valence-corrected chi connectivity index (χ4v) is 3.96. The first-order valence-corrected chi connectivity index (χ1v) is 10.3. The Kier molecular flexibility index (Phi) is 5.20. The number of anilines is 1. The molecular weight excluding hydrogens is 386 g/mol. The Labute approximate surface area is 162 Å². The number of nitrogens with zero attached hydrogens (tertiary/aromatic N) is 3. The number of carbonyl (C=O) groups is 2. The van der Waals surface area contributed by atoms with E-state index in [4.69, 9.17) is 4.74 Å². The molecule has 2 aromatic heterocycles. The van der Waals surface area contributed by atoms with E-state index in [9.17, 15) is 18.0 Å². The number of hydrogen-bond donors (Lipinski definition) is 2. The first kappa shape index (κ1) is 19.9. The Bertz CT molecular complexity index is 985. The topological polar surface area (TPSA) is 126 Å². The van der Waals surface area contributed by atoms with Gasteiger partial charge in [-0.3, -0.25) is 14.2 Å². The number of aromatic nitrogens is 3. The van der Waals surface area contributed by atoms with Gasteiger partial charge in [-0.15, -0.1) is 0 Å². The highest BCUT2D eigenvalue weighted by Crippen LogP contribution is 2.21. The highest BCUT2D eigenvalue weighted by Gasteiger charge is 2.32. The molecule has 11 heteroatoms. The summed E-state index contributed by atoms with van der Waals surface area (Å²) < 4.78 is 33.6. The molecule has 1 amide bonds. The zero-order chi connectivity index (χ0) is 20.5. The van der Waals surface area contributed by atoms with Crippen molar-refractivity contribution in [3.8, 4) is 0 Å². The van der Waals surface area contributed by atoms with Gasteiger partial charge in [-0.25, -0.2) is 13.2 Å². The van der Waals surface area contributed by atoms with Crippen LogP contribution in [0.5, 0.6) is 0 Å². The van der Waals surface area contributed by atoms with Gasteiger partial charge in [0.2, 0.25) is 0 Å². The van der Waals surface area contributed by atoms with Crippen molar-refractivity contribution >= 4 is 27.7 Å². The molecule has 1 saturated heterocycles. The minimum absolute atomic E-state index is 0.0468. The maximum Gasteiger partial charge on any atom is 0.333 e. The van der Waals surface area contributed by atoms with E-state index in [1.165, 1.54) is 36.3 Å². The molecule has 3 heterocycles. The number of H-pyrrole nitrogens is 1. The van der Waals surface area contributed by atoms with Crippen LogP contribution in [0.1, 0.15) is 37.2 Å². The van der Waals surface area contributed by atoms with E-state index in [-0.39, 0.29) is 22.3 Å². The van der Waals surface area contributed by atoms with Crippen molar-refractivity contribution in [2.24, 2.45) is 0 Å². The van der Waals surface area contributed by atoms with Gasteiger partial charge in [0.05, 0.1) is 7.11 Å². The number of aromatic amines is 1. The van der Waals surface area contributed by atoms with Crippen molar-refractivity contribution < 1.29 is 22.7 Å². The lowest BCUT2D eigenvalue weighted by atomic mass is 10.1. The number of hydrogen-bond acceptors (Lipinski definition) is 6. The quantitative estimate of drug-likeness (QED) is 0.690. The molecule has 1 aliphatic rings. The van der Waals surface area contributed by atoms with Crippen LogP contribution in [0.2, 0.25) is 0 Å². The van der Waals surface area contributed by atoms with Crippen molar-refractivity contribution in [3.63, 3.8) is 0 Å². The summed E-state index contributed by atoms with van der Waals surface area (Å²) in [6.45, 7) is 4.55. The number of ether oxygens (including phenoxy) is 1. The molecule has 0 unspecified atom stereocenters. The largest absolute Gasteiger partial charge is 0.467 e. The molecule has 1 fully saturated rings. The van der Waals surface area contributed by atoms with E-state index in [0.29, 0.717) is 13.1 Å². The highest BCUT2D eigenvalue weighted by molar-refractivity contribution is 7.92. The van der Waals surface area contributed by atoms with E-state index >= 15 is 0 Å². The molecule has 0 aromatic carbocycles. The number of methoxy groups -OCH3 is 1. The van der Waals surface area contributed by atoms with Crippen LogP contribution in [-0.2, 0) is 25.1 Å². The molecule has 3 rings (SSSR count). The predicted octanol–water partition coefficient (Wildman–Crippen LogP) is 1.16. The molecule has 2 N–H and O–H groups in total. The summed E-state index contributed by atoms with van der Waals surface area (Å²) in [5.74, 6) is -0.686. The zero-order valence-corrected chi connectivity index (χ0v) is 16.7. The van der Waals surface area contributed by atoms with Gasteiger partial charge >= 0.3 is 5.97 Å². The molecule has 0 aliphatic carbocycles. The lowest BCUT2D eigenvalue weighted by molar-refractivity contribution is -0.150. The Morgan fingerprint density at radius 2 is 1.96 bits per heavy atom. The van der Waals surface area contributed by atoms with E-state index < -0.39 is 21.5 Å². The van der Waals surface area contributed by atoms with Crippen LogP contribution < -0.4 is 4.72 Å². The molecule has 2 aromatic rings. The summed E-state index contributed by atoms with van der Waals surface area (Å²) in [5.41, 5.74) is -0.874. The maximum atomic E-state index is 12.6. The summed E-state index contributed by atoms with van der Waals surface area (Å²) >= 11 is 0. The number of rotatable bonds is 6. The average Bonchev–Trinajstić information content (AvgIpc) is 3.40. The minimum Gasteiger partial charge on any atom is -0.467 e. The second-order valence-electron chi connectivity index (χ2n) is 7.05. The van der Waals surface area contributed by atoms with Crippen LogP contribution in [-0.4, -0.2) is 60.2 Å². The molecule has 28 heavy (non-hydrogen) atoms. The smallest absolute Gasteiger partial charge is 0.333 e. The Morgan fingerprint density at radius 3 is 2.61 bits per heavy atom. The first-order chi connectivity index (χ1) is 13.1. The Balaban J connectivity index is 1.76. The Morgan fingerprint density at radius 1 is 1.29 bits per heavy atom. The molecule has 152 valence electrons. The van der Waals surface area contributed by atoms with Crippen LogP contribution in [0.15, 0.2) is 29.4 Å². The van der Waals surface area contributed by atoms with Gasteiger partial charge in [0.25, 0.3) is 15.9 Å². The van der Waals surface area contributed by atoms with Gasteiger partial charge in [-0.05, 0) is 32.8 Å². The third kappa shape index (κ3) is 3.75. The van der Waals surface area contributed by atoms with Gasteiger partial charge in [-0.1, -0.05) is 0 Å². The van der Waals surface area contributed by atoms with Crippen LogP contribution in [0.3, 0.4) is 0 Å². The lowest BCUT2D eigenvalue weighted by Gasteiger charge is -2.21. The lowest BCUT2D eigenvalue weighted by Crippen LogP contribution is -2.37. The number of nitrogens with one attached hydrogen (secondary N) is 2. The van der Waals surface area contributed by atoms with Crippen molar-refractivity contribution in [2.45, 2.75) is 37.1 Å². The van der Waals surface area contributed by atoms with Crippen LogP contribution in [0, 0.1) is 0 Å². The highest BCUT2D eigenvalue weighted by atomic mass is 32.2. The number of likely N-dealkylation sites (tertiary alicyclic amines) is 1. The molecule has 0 saturated carbocycles. The zero-order valence-electron chi connectivity index (χ0n) is 15.9. The standard InChI is InChI=1S/C17H23N5O5S/c1-17(2,16(24)27-3)22-9-6-14(19-22)20-28(25,26)12-10-13(18-11-12)15(23)21-7-4-5-8-21/h6,9-11,18H,4-5,7-8H2,1-3H3,(H,19,20). The predicted molar refractivity (Wildman–Crippen MR) is 100 cm³/mol. The molecule has 0 spiro atoms. The summed E-state index contributed by atoms with van der Waals surface area (Å²) in [6.07, 6.45) is 4.64. The van der Waals surface area contributed by atoms with Crippen LogP contribution in [0.4, 0.5) is 5.82 Å². The normalized spacial score (nSPS) is 14.9. The van der Waals surface area contributed by atoms with E-state index in [1.807, 2.05) is 0 Å². The molecule has 0 radical (unpaired) electrons. The summed E-state index contributed by atoms with van der Waals surface area (Å²) in [5, 5.41) is 4.11. The van der Waals surface area contributed by atoms with Crippen LogP contribution >= 0.6 is 0 Å². The molecular formula is C17H23N5O5S. The maximum absolute atomic E-state index is 12.6. The fourth-order valence-electron chi connectivity index (χ4n) is 2.97. The SMILES string of the molecule is COC(=O)C(C)(C)n1ccc(NS(=O)(=O)c2c[nH]c(C(=O)N3CCCC3)c2)n1. The molecule has 10 nitrogen and oxygen atoms in total. The van der Waals surface area contributed by atoms with Gasteiger partial charge in [0.1, 0.15) is 10.6 Å². The van der Waals surface area contributed by atoms with Crippen molar-refractivity contribution in [1.29, 1.82) is 0 Å². The summed E-state index contributed by atoms with van der Waals surface area (Å²) in [4.78, 5) is 28.6. The number of sulfonamides is 1. The molecule has 1 aliphatic heterocycles. The van der Waals surface area contributed by atoms with Crippen LogP contribution in [0.25, 0.3) is 0 Å². The first-order valence-electron chi connectivity index (χ1n) is 8.80. The van der Waals surface area contributed by atoms with Gasteiger partial charge in [0, 0.05) is 31.5 Å². The summed E-state index contributed by atoms with van der Waals surface area (Å²) in [7, 11) is -2.68. The van der Waals surface area contributed by atoms with E-state index in [1.54, 1.807) is 18.7 Å². The number of carbonyl (C=O) groups excluding carboxylic acids is 2. The second-order valence-corrected chi connectivity index (χ2v) is 8.73. The van der Waals surface area contributed by atoms with E-state index in [0.717, 1.165) is 12.8 Å². The molecule has 0 bridgehead atoms. The third-order valence-corrected chi connectivity index (χ3v) is 6.01. The van der Waals surface area contributed by atoms with Gasteiger partial charge in [0.15, 0.2) is 11.4 Å². The second kappa shape index (κ2) is 7.30. The Hall–Kier alpha value is -2.82.